The number of hydrogen-bond acceptors (Lipinski definition) is 2. The van der Waals surface area contributed by atoms with Crippen molar-refractivity contribution in [1.29, 1.82) is 0 Å². The number of nitrogens with zero attached hydrogens (tertiary/aromatic N) is 2. The van der Waals surface area contributed by atoms with Crippen LogP contribution in [0.5, 0.6) is 0 Å². The normalized spacial score (nSPS) is 36.8. The number of nitrogens with one attached hydrogen (secondary N) is 1. The summed E-state index contributed by atoms with van der Waals surface area (Å²) in [6, 6.07) is 0.0763. The maximum atomic E-state index is 12.6. The van der Waals surface area contributed by atoms with E-state index in [-0.39, 0.29) is 17.9 Å². The van der Waals surface area contributed by atoms with Gasteiger partial charge in [0.25, 0.3) is 0 Å². The molecule has 0 radical (unpaired) electrons. The van der Waals surface area contributed by atoms with Gasteiger partial charge in [0.15, 0.2) is 0 Å². The van der Waals surface area contributed by atoms with E-state index in [9.17, 15) is 9.59 Å². The van der Waals surface area contributed by atoms with Gasteiger partial charge < -0.3 is 15.1 Å². The van der Waals surface area contributed by atoms with E-state index in [4.69, 9.17) is 0 Å². The van der Waals surface area contributed by atoms with Crippen LogP contribution in [0, 0.1) is 29.1 Å². The number of carbonyl (C=O) groups is 2. The van der Waals surface area contributed by atoms with Gasteiger partial charge in [0.1, 0.15) is 0 Å². The molecular formula is C20H33N3O2. The summed E-state index contributed by atoms with van der Waals surface area (Å²) < 4.78 is 0. The Bertz CT molecular complexity index is 502. The largest absolute Gasteiger partial charge is 0.339 e. The highest BCUT2D eigenvalue weighted by Crippen LogP contribution is 2.59. The van der Waals surface area contributed by atoms with E-state index in [1.165, 1.54) is 38.5 Å². The summed E-state index contributed by atoms with van der Waals surface area (Å²) in [6.45, 7) is 7.39. The van der Waals surface area contributed by atoms with Gasteiger partial charge in [-0.3, -0.25) is 4.79 Å². The summed E-state index contributed by atoms with van der Waals surface area (Å²) in [7, 11) is 0. The second kappa shape index (κ2) is 6.48. The van der Waals surface area contributed by atoms with Crippen LogP contribution in [0.2, 0.25) is 0 Å². The smallest absolute Gasteiger partial charge is 0.317 e. The Hall–Kier alpha value is -1.26. The van der Waals surface area contributed by atoms with Gasteiger partial charge in [0.05, 0.1) is 0 Å². The monoisotopic (exact) mass is 347 g/mol. The van der Waals surface area contributed by atoms with Crippen LogP contribution in [0.15, 0.2) is 0 Å². The van der Waals surface area contributed by atoms with E-state index < -0.39 is 0 Å². The summed E-state index contributed by atoms with van der Waals surface area (Å²) in [5.74, 6) is 3.02. The van der Waals surface area contributed by atoms with Crippen LogP contribution in [-0.2, 0) is 4.79 Å². The number of urea groups is 1. The number of amides is 3. The second-order valence-electron chi connectivity index (χ2n) is 9.54. The predicted molar refractivity (Wildman–Crippen MR) is 97.0 cm³/mol. The molecular weight excluding hydrogens is 314 g/mol. The number of rotatable bonds is 3. The summed E-state index contributed by atoms with van der Waals surface area (Å²) in [4.78, 5) is 28.5. The highest BCUT2D eigenvalue weighted by atomic mass is 16.2. The van der Waals surface area contributed by atoms with Crippen molar-refractivity contribution < 1.29 is 9.59 Å². The molecule has 0 unspecified atom stereocenters. The minimum absolute atomic E-state index is 0.0384. The lowest BCUT2D eigenvalue weighted by molar-refractivity contribution is -0.135. The Balaban J connectivity index is 1.27. The first-order valence-electron chi connectivity index (χ1n) is 10.3. The quantitative estimate of drug-likeness (QED) is 0.853. The molecule has 0 atom stereocenters. The van der Waals surface area contributed by atoms with E-state index in [2.05, 4.69) is 5.32 Å². The molecule has 4 aliphatic carbocycles. The van der Waals surface area contributed by atoms with Gasteiger partial charge in [-0.1, -0.05) is 13.8 Å². The van der Waals surface area contributed by atoms with Crippen molar-refractivity contribution in [3.8, 4) is 0 Å². The molecule has 1 saturated heterocycles. The van der Waals surface area contributed by atoms with Crippen LogP contribution >= 0.6 is 0 Å². The molecule has 5 heteroatoms. The van der Waals surface area contributed by atoms with Gasteiger partial charge in [-0.25, -0.2) is 4.79 Å². The second-order valence-corrected chi connectivity index (χ2v) is 9.54. The first-order chi connectivity index (χ1) is 11.9. The molecule has 4 bridgehead atoms. The minimum atomic E-state index is 0.0384. The first-order valence-corrected chi connectivity index (χ1v) is 10.3. The maximum Gasteiger partial charge on any atom is 0.317 e. The molecule has 5 rings (SSSR count). The van der Waals surface area contributed by atoms with Gasteiger partial charge in [0, 0.05) is 38.6 Å². The van der Waals surface area contributed by atoms with Gasteiger partial charge in [-0.2, -0.15) is 0 Å². The first kappa shape index (κ1) is 17.2. The fourth-order valence-electron chi connectivity index (χ4n) is 6.38. The average molecular weight is 348 g/mol. The Morgan fingerprint density at radius 1 is 0.920 bits per heavy atom. The van der Waals surface area contributed by atoms with Crippen molar-refractivity contribution in [2.45, 2.75) is 52.4 Å². The van der Waals surface area contributed by atoms with Crippen molar-refractivity contribution >= 4 is 11.9 Å². The molecule has 140 valence electrons. The van der Waals surface area contributed by atoms with Gasteiger partial charge in [-0.05, 0) is 61.7 Å². The van der Waals surface area contributed by atoms with E-state index in [1.807, 2.05) is 23.6 Å². The molecule has 0 aromatic rings. The zero-order chi connectivity index (χ0) is 17.6. The van der Waals surface area contributed by atoms with E-state index in [0.717, 1.165) is 24.3 Å². The van der Waals surface area contributed by atoms with Crippen molar-refractivity contribution in [3.05, 3.63) is 0 Å². The molecule has 4 saturated carbocycles. The fraction of sp³-hybridized carbons (Fsp3) is 0.900. The van der Waals surface area contributed by atoms with Crippen molar-refractivity contribution in [3.63, 3.8) is 0 Å². The minimum Gasteiger partial charge on any atom is -0.339 e. The molecule has 5 nitrogen and oxygen atoms in total. The SMILES string of the molecule is CC(C)C(=O)N1CCN(C(=O)NCC23CC4CC(CC(C4)C2)C3)CC1. The zero-order valence-corrected chi connectivity index (χ0v) is 15.8. The molecule has 5 fully saturated rings. The lowest BCUT2D eigenvalue weighted by atomic mass is 9.49. The van der Waals surface area contributed by atoms with Crippen molar-refractivity contribution in [1.82, 2.24) is 15.1 Å². The molecule has 0 aromatic carbocycles. The zero-order valence-electron chi connectivity index (χ0n) is 15.8. The average Bonchev–Trinajstić information content (AvgIpc) is 2.58. The van der Waals surface area contributed by atoms with Gasteiger partial charge >= 0.3 is 6.03 Å². The molecule has 0 aromatic heterocycles. The molecule has 1 N–H and O–H groups in total. The van der Waals surface area contributed by atoms with Gasteiger partial charge in [0.2, 0.25) is 5.91 Å². The van der Waals surface area contributed by atoms with E-state index >= 15 is 0 Å². The van der Waals surface area contributed by atoms with Gasteiger partial charge in [-0.15, -0.1) is 0 Å². The molecule has 5 aliphatic rings. The standard InChI is InChI=1S/C20H33N3O2/c1-14(2)18(24)22-3-5-23(6-4-22)19(25)21-13-20-10-15-7-16(11-20)9-17(8-15)12-20/h14-17H,3-13H2,1-2H3,(H,21,25). The summed E-state index contributed by atoms with van der Waals surface area (Å²) in [5, 5.41) is 3.26. The van der Waals surface area contributed by atoms with Crippen LogP contribution in [0.3, 0.4) is 0 Å². The summed E-state index contributed by atoms with van der Waals surface area (Å²) in [6.07, 6.45) is 8.32. The van der Waals surface area contributed by atoms with Crippen LogP contribution in [0.4, 0.5) is 4.79 Å². The lowest BCUT2D eigenvalue weighted by Crippen LogP contribution is -2.56. The maximum absolute atomic E-state index is 12.6. The third-order valence-corrected chi connectivity index (χ3v) is 7.15. The number of hydrogen-bond donors (Lipinski definition) is 1. The Labute approximate surface area is 151 Å². The lowest BCUT2D eigenvalue weighted by Gasteiger charge is -2.57. The molecule has 25 heavy (non-hydrogen) atoms. The summed E-state index contributed by atoms with van der Waals surface area (Å²) in [5.41, 5.74) is 0.389. The molecule has 0 spiro atoms. The van der Waals surface area contributed by atoms with Crippen LogP contribution in [0.1, 0.15) is 52.4 Å². The highest BCUT2D eigenvalue weighted by Gasteiger charge is 2.50. The van der Waals surface area contributed by atoms with Crippen molar-refractivity contribution in [2.24, 2.45) is 29.1 Å². The Kier molecular flexibility index (Phi) is 4.45. The van der Waals surface area contributed by atoms with E-state index in [1.54, 1.807) is 0 Å². The van der Waals surface area contributed by atoms with E-state index in [0.29, 0.717) is 31.6 Å². The fourth-order valence-corrected chi connectivity index (χ4v) is 6.38. The van der Waals surface area contributed by atoms with Crippen LogP contribution in [-0.4, -0.2) is 54.5 Å². The van der Waals surface area contributed by atoms with Crippen LogP contribution in [0.25, 0.3) is 0 Å². The summed E-state index contributed by atoms with van der Waals surface area (Å²) >= 11 is 0. The molecule has 3 amide bonds. The highest BCUT2D eigenvalue weighted by molar-refractivity contribution is 5.79. The number of carbonyl (C=O) groups excluding carboxylic acids is 2. The topological polar surface area (TPSA) is 52.7 Å². The molecule has 1 heterocycles. The molecule has 1 aliphatic heterocycles. The predicted octanol–water partition coefficient (Wildman–Crippen LogP) is 2.71. The van der Waals surface area contributed by atoms with Crippen LogP contribution < -0.4 is 5.32 Å². The van der Waals surface area contributed by atoms with Crippen molar-refractivity contribution in [2.75, 3.05) is 32.7 Å². The Morgan fingerprint density at radius 3 is 1.88 bits per heavy atom. The Morgan fingerprint density at radius 2 is 1.40 bits per heavy atom. The third kappa shape index (κ3) is 3.39. The third-order valence-electron chi connectivity index (χ3n) is 7.15. The number of piperazine rings is 1.